The van der Waals surface area contributed by atoms with Crippen LogP contribution in [0.5, 0.6) is 0 Å². The molecule has 3 nitrogen and oxygen atoms in total. The highest BCUT2D eigenvalue weighted by Crippen LogP contribution is 2.30. The van der Waals surface area contributed by atoms with Crippen LogP contribution in [-0.4, -0.2) is 9.97 Å². The molecule has 0 fully saturated rings. The Morgan fingerprint density at radius 2 is 1.64 bits per heavy atom. The first kappa shape index (κ1) is 13.8. The lowest BCUT2D eigenvalue weighted by atomic mass is 10.2. The maximum atomic E-state index is 6.03. The normalized spacial score (nSPS) is 11.4. The third-order valence-corrected chi connectivity index (χ3v) is 4.27. The summed E-state index contributed by atoms with van der Waals surface area (Å²) in [5.41, 5.74) is 2.70. The standard InChI is InChI=1S/C16H7Cl3N2O/c17-9-1-2-15-8(3-9)4-16(22-15)14-7-20-12-5-10(18)11(19)6-13(12)21-14/h1-7H. The lowest BCUT2D eigenvalue weighted by molar-refractivity contribution is 0.628. The fourth-order valence-electron chi connectivity index (χ4n) is 2.27. The number of fused-ring (bicyclic) bond motifs is 2. The molecule has 6 heteroatoms. The summed E-state index contributed by atoms with van der Waals surface area (Å²) in [6.45, 7) is 0. The molecule has 0 aliphatic heterocycles. The molecule has 0 atom stereocenters. The Hall–Kier alpha value is -1.81. The summed E-state index contributed by atoms with van der Waals surface area (Å²) in [6.07, 6.45) is 1.64. The third-order valence-electron chi connectivity index (χ3n) is 3.32. The molecule has 4 aromatic rings. The Labute approximate surface area is 140 Å². The van der Waals surface area contributed by atoms with Crippen molar-refractivity contribution >= 4 is 56.8 Å². The monoisotopic (exact) mass is 348 g/mol. The van der Waals surface area contributed by atoms with Crippen LogP contribution in [0.15, 0.2) is 47.0 Å². The van der Waals surface area contributed by atoms with Gasteiger partial charge in [-0.1, -0.05) is 34.8 Å². The van der Waals surface area contributed by atoms with Crippen molar-refractivity contribution in [1.82, 2.24) is 9.97 Å². The van der Waals surface area contributed by atoms with Gasteiger partial charge in [0, 0.05) is 10.4 Å². The van der Waals surface area contributed by atoms with E-state index >= 15 is 0 Å². The van der Waals surface area contributed by atoms with E-state index in [2.05, 4.69) is 9.97 Å². The van der Waals surface area contributed by atoms with Crippen molar-refractivity contribution in [2.24, 2.45) is 0 Å². The minimum Gasteiger partial charge on any atom is -0.454 e. The number of aromatic nitrogens is 2. The zero-order chi connectivity index (χ0) is 15.3. The number of nitrogens with zero attached hydrogens (tertiary/aromatic N) is 2. The van der Waals surface area contributed by atoms with Gasteiger partial charge in [-0.25, -0.2) is 4.98 Å². The summed E-state index contributed by atoms with van der Waals surface area (Å²) in [4.78, 5) is 8.89. The highest BCUT2D eigenvalue weighted by Gasteiger charge is 2.10. The van der Waals surface area contributed by atoms with Crippen LogP contribution in [0.3, 0.4) is 0 Å². The van der Waals surface area contributed by atoms with Gasteiger partial charge in [0.2, 0.25) is 0 Å². The second kappa shape index (κ2) is 5.13. The number of hydrogen-bond donors (Lipinski definition) is 0. The fraction of sp³-hybridized carbons (Fsp3) is 0. The number of benzene rings is 2. The molecular formula is C16H7Cl3N2O. The molecule has 0 aliphatic rings. The van der Waals surface area contributed by atoms with E-state index in [1.807, 2.05) is 18.2 Å². The molecule has 0 saturated carbocycles. The largest absolute Gasteiger partial charge is 0.454 e. The second-order valence-electron chi connectivity index (χ2n) is 4.80. The van der Waals surface area contributed by atoms with Crippen LogP contribution in [0.25, 0.3) is 33.5 Å². The Balaban J connectivity index is 1.89. The zero-order valence-electron chi connectivity index (χ0n) is 11.0. The lowest BCUT2D eigenvalue weighted by Crippen LogP contribution is -1.88. The fourth-order valence-corrected chi connectivity index (χ4v) is 2.76. The van der Waals surface area contributed by atoms with Gasteiger partial charge in [-0.05, 0) is 36.4 Å². The van der Waals surface area contributed by atoms with Gasteiger partial charge < -0.3 is 4.42 Å². The Kier molecular flexibility index (Phi) is 3.22. The zero-order valence-corrected chi connectivity index (χ0v) is 13.2. The van der Waals surface area contributed by atoms with E-state index in [1.54, 1.807) is 24.4 Å². The van der Waals surface area contributed by atoms with Crippen LogP contribution in [-0.2, 0) is 0 Å². The van der Waals surface area contributed by atoms with E-state index < -0.39 is 0 Å². The van der Waals surface area contributed by atoms with E-state index in [1.165, 1.54) is 0 Å². The van der Waals surface area contributed by atoms with Crippen molar-refractivity contribution in [3.05, 3.63) is 57.7 Å². The third kappa shape index (κ3) is 2.31. The topological polar surface area (TPSA) is 38.9 Å². The molecule has 0 bridgehead atoms. The average molecular weight is 350 g/mol. The molecule has 0 spiro atoms. The molecule has 0 aliphatic carbocycles. The van der Waals surface area contributed by atoms with Gasteiger partial charge in [-0.3, -0.25) is 4.98 Å². The Morgan fingerprint density at radius 1 is 0.864 bits per heavy atom. The summed E-state index contributed by atoms with van der Waals surface area (Å²) < 4.78 is 5.79. The predicted molar refractivity (Wildman–Crippen MR) is 89.8 cm³/mol. The van der Waals surface area contributed by atoms with Gasteiger partial charge in [0.1, 0.15) is 11.3 Å². The van der Waals surface area contributed by atoms with Crippen molar-refractivity contribution in [3.63, 3.8) is 0 Å². The minimum absolute atomic E-state index is 0.442. The number of halogens is 3. The van der Waals surface area contributed by atoms with Crippen molar-refractivity contribution in [2.45, 2.75) is 0 Å². The summed E-state index contributed by atoms with van der Waals surface area (Å²) in [5, 5.41) is 2.47. The molecule has 0 amide bonds. The summed E-state index contributed by atoms with van der Waals surface area (Å²) in [5.74, 6) is 0.623. The van der Waals surface area contributed by atoms with Crippen molar-refractivity contribution in [1.29, 1.82) is 0 Å². The van der Waals surface area contributed by atoms with Crippen molar-refractivity contribution in [2.75, 3.05) is 0 Å². The van der Waals surface area contributed by atoms with E-state index in [9.17, 15) is 0 Å². The van der Waals surface area contributed by atoms with Crippen molar-refractivity contribution < 1.29 is 4.42 Å². The number of rotatable bonds is 1. The molecular weight excluding hydrogens is 343 g/mol. The van der Waals surface area contributed by atoms with Crippen LogP contribution >= 0.6 is 34.8 Å². The predicted octanol–water partition coefficient (Wildman–Crippen LogP) is 6.00. The minimum atomic E-state index is 0.442. The highest BCUT2D eigenvalue weighted by atomic mass is 35.5. The first-order valence-electron chi connectivity index (χ1n) is 6.41. The van der Waals surface area contributed by atoms with Gasteiger partial charge >= 0.3 is 0 Å². The van der Waals surface area contributed by atoms with Gasteiger partial charge in [-0.2, -0.15) is 0 Å². The van der Waals surface area contributed by atoms with E-state index in [4.69, 9.17) is 39.2 Å². The summed E-state index contributed by atoms with van der Waals surface area (Å²) >= 11 is 18.0. The molecule has 2 heterocycles. The maximum Gasteiger partial charge on any atom is 0.155 e. The molecule has 0 unspecified atom stereocenters. The molecule has 0 radical (unpaired) electrons. The van der Waals surface area contributed by atoms with Crippen LogP contribution in [0, 0.1) is 0 Å². The number of hydrogen-bond acceptors (Lipinski definition) is 3. The van der Waals surface area contributed by atoms with E-state index in [0.717, 1.165) is 11.0 Å². The van der Waals surface area contributed by atoms with E-state index in [0.29, 0.717) is 37.6 Å². The van der Waals surface area contributed by atoms with Gasteiger partial charge in [0.05, 0.1) is 27.3 Å². The molecule has 22 heavy (non-hydrogen) atoms. The van der Waals surface area contributed by atoms with Gasteiger partial charge in [0.15, 0.2) is 5.76 Å². The SMILES string of the molecule is Clc1ccc2oc(-c3cnc4cc(Cl)c(Cl)cc4n3)cc2c1. The van der Waals surface area contributed by atoms with E-state index in [-0.39, 0.29) is 0 Å². The van der Waals surface area contributed by atoms with Gasteiger partial charge in [0.25, 0.3) is 0 Å². The van der Waals surface area contributed by atoms with Crippen LogP contribution in [0.1, 0.15) is 0 Å². The molecule has 0 saturated heterocycles. The Bertz CT molecular complexity index is 1030. The first-order valence-corrected chi connectivity index (χ1v) is 7.55. The number of furan rings is 1. The lowest BCUT2D eigenvalue weighted by Gasteiger charge is -2.01. The second-order valence-corrected chi connectivity index (χ2v) is 6.05. The van der Waals surface area contributed by atoms with Crippen LogP contribution < -0.4 is 0 Å². The summed E-state index contributed by atoms with van der Waals surface area (Å²) in [6, 6.07) is 10.7. The van der Waals surface area contributed by atoms with Crippen LogP contribution in [0.2, 0.25) is 15.1 Å². The van der Waals surface area contributed by atoms with Gasteiger partial charge in [-0.15, -0.1) is 0 Å². The average Bonchev–Trinajstić information content (AvgIpc) is 2.91. The molecule has 0 N–H and O–H groups in total. The van der Waals surface area contributed by atoms with Crippen LogP contribution in [0.4, 0.5) is 0 Å². The maximum absolute atomic E-state index is 6.03. The van der Waals surface area contributed by atoms with Crippen molar-refractivity contribution in [3.8, 4) is 11.5 Å². The first-order chi connectivity index (χ1) is 10.6. The highest BCUT2D eigenvalue weighted by molar-refractivity contribution is 6.42. The molecule has 2 aromatic heterocycles. The Morgan fingerprint density at radius 3 is 2.45 bits per heavy atom. The quantitative estimate of drug-likeness (QED) is 0.423. The smallest absolute Gasteiger partial charge is 0.155 e. The molecule has 108 valence electrons. The molecule has 4 rings (SSSR count). The summed E-state index contributed by atoms with van der Waals surface area (Å²) in [7, 11) is 0. The molecule has 2 aromatic carbocycles.